The lowest BCUT2D eigenvalue weighted by Crippen LogP contribution is -1.82. The van der Waals surface area contributed by atoms with Gasteiger partial charge in [0, 0.05) is 18.0 Å². The van der Waals surface area contributed by atoms with Crippen LogP contribution in [0.4, 0.5) is 4.39 Å². The van der Waals surface area contributed by atoms with Crippen LogP contribution in [0.3, 0.4) is 0 Å². The highest BCUT2D eigenvalue weighted by Crippen LogP contribution is 2.19. The van der Waals surface area contributed by atoms with Crippen molar-refractivity contribution in [2.24, 2.45) is 0 Å². The average Bonchev–Trinajstić information content (AvgIpc) is 2.30. The first-order chi connectivity index (χ1) is 7.29. The van der Waals surface area contributed by atoms with Crippen molar-refractivity contribution in [1.29, 1.82) is 0 Å². The van der Waals surface area contributed by atoms with Crippen LogP contribution in [0.1, 0.15) is 5.56 Å². The molecule has 0 aliphatic rings. The van der Waals surface area contributed by atoms with Gasteiger partial charge >= 0.3 is 0 Å². The zero-order valence-corrected chi connectivity index (χ0v) is 8.15. The van der Waals surface area contributed by atoms with E-state index in [4.69, 9.17) is 0 Å². The van der Waals surface area contributed by atoms with Gasteiger partial charge in [-0.15, -0.1) is 0 Å². The molecule has 0 radical (unpaired) electrons. The highest BCUT2D eigenvalue weighted by Gasteiger charge is 1.98. The fourth-order valence-corrected chi connectivity index (χ4v) is 1.37. The minimum atomic E-state index is -0.230. The highest BCUT2D eigenvalue weighted by molar-refractivity contribution is 5.65. The smallest absolute Gasteiger partial charge is 0.123 e. The fourth-order valence-electron chi connectivity index (χ4n) is 1.37. The molecule has 0 N–H and O–H groups in total. The van der Waals surface area contributed by atoms with Gasteiger partial charge in [-0.2, -0.15) is 0 Å². The topological polar surface area (TPSA) is 12.9 Å². The van der Waals surface area contributed by atoms with Crippen LogP contribution in [0.2, 0.25) is 0 Å². The second-order valence-corrected chi connectivity index (χ2v) is 3.22. The van der Waals surface area contributed by atoms with E-state index in [1.807, 2.05) is 6.07 Å². The van der Waals surface area contributed by atoms with Crippen LogP contribution < -0.4 is 0 Å². The van der Waals surface area contributed by atoms with E-state index in [0.29, 0.717) is 0 Å². The molecule has 0 aliphatic heterocycles. The molecule has 0 saturated carbocycles. The largest absolute Gasteiger partial charge is 0.263 e. The Labute approximate surface area is 87.9 Å². The van der Waals surface area contributed by atoms with Gasteiger partial charge in [0.05, 0.1) is 0 Å². The molecule has 2 rings (SSSR count). The predicted octanol–water partition coefficient (Wildman–Crippen LogP) is 3.53. The molecule has 0 aliphatic carbocycles. The Morgan fingerprint density at radius 3 is 2.47 bits per heavy atom. The first kappa shape index (κ1) is 9.59. The fraction of sp³-hybridized carbons (Fsp3) is 0. The number of hydrogen-bond acceptors (Lipinski definition) is 1. The third-order valence-corrected chi connectivity index (χ3v) is 2.17. The maximum absolute atomic E-state index is 12.7. The molecule has 15 heavy (non-hydrogen) atoms. The molecule has 1 nitrogen and oxygen atoms in total. The molecule has 0 unspecified atom stereocenters. The Hall–Kier alpha value is -1.96. The van der Waals surface area contributed by atoms with Crippen LogP contribution in [0.5, 0.6) is 0 Å². The highest BCUT2D eigenvalue weighted by atomic mass is 19.1. The molecule has 1 aromatic heterocycles. The summed E-state index contributed by atoms with van der Waals surface area (Å²) in [6.07, 6.45) is 5.22. The van der Waals surface area contributed by atoms with E-state index in [1.165, 1.54) is 12.1 Å². The summed E-state index contributed by atoms with van der Waals surface area (Å²) in [6.45, 7) is 3.68. The van der Waals surface area contributed by atoms with Crippen molar-refractivity contribution >= 4 is 6.08 Å². The monoisotopic (exact) mass is 199 g/mol. The number of hydrogen-bond donors (Lipinski definition) is 0. The average molecular weight is 199 g/mol. The van der Waals surface area contributed by atoms with Gasteiger partial charge < -0.3 is 0 Å². The van der Waals surface area contributed by atoms with Crippen molar-refractivity contribution in [3.63, 3.8) is 0 Å². The summed E-state index contributed by atoms with van der Waals surface area (Å²) in [5, 5.41) is 0. The number of rotatable bonds is 2. The number of aromatic nitrogens is 1. The Morgan fingerprint density at radius 1 is 1.07 bits per heavy atom. The second-order valence-electron chi connectivity index (χ2n) is 3.22. The minimum Gasteiger partial charge on any atom is -0.263 e. The van der Waals surface area contributed by atoms with Gasteiger partial charge in [0.2, 0.25) is 0 Å². The maximum atomic E-state index is 12.7. The van der Waals surface area contributed by atoms with Gasteiger partial charge in [0.25, 0.3) is 0 Å². The SMILES string of the molecule is C=Cc1cncc(-c2ccc(F)cc2)c1. The lowest BCUT2D eigenvalue weighted by atomic mass is 10.1. The van der Waals surface area contributed by atoms with Gasteiger partial charge in [-0.3, -0.25) is 4.98 Å². The standard InChI is InChI=1S/C13H10FN/c1-2-10-7-12(9-15-8-10)11-3-5-13(14)6-4-11/h2-9H,1H2. The Bertz CT molecular complexity index is 474. The zero-order chi connectivity index (χ0) is 10.7. The second kappa shape index (κ2) is 4.05. The van der Waals surface area contributed by atoms with E-state index in [-0.39, 0.29) is 5.82 Å². The van der Waals surface area contributed by atoms with Gasteiger partial charge in [0.1, 0.15) is 5.82 Å². The summed E-state index contributed by atoms with van der Waals surface area (Å²) >= 11 is 0. The number of halogens is 1. The molecule has 1 heterocycles. The third-order valence-electron chi connectivity index (χ3n) is 2.17. The van der Waals surface area contributed by atoms with E-state index >= 15 is 0 Å². The lowest BCUT2D eigenvalue weighted by molar-refractivity contribution is 0.628. The first-order valence-corrected chi connectivity index (χ1v) is 4.63. The molecule has 0 bridgehead atoms. The summed E-state index contributed by atoms with van der Waals surface area (Å²) in [4.78, 5) is 4.09. The molecule has 2 aromatic rings. The van der Waals surface area contributed by atoms with Crippen LogP contribution >= 0.6 is 0 Å². The molecule has 0 fully saturated rings. The summed E-state index contributed by atoms with van der Waals surface area (Å²) in [5.74, 6) is -0.230. The van der Waals surface area contributed by atoms with E-state index in [9.17, 15) is 4.39 Å². The van der Waals surface area contributed by atoms with Crippen LogP contribution in [0, 0.1) is 5.82 Å². The van der Waals surface area contributed by atoms with Crippen molar-refractivity contribution in [2.75, 3.05) is 0 Å². The summed E-state index contributed by atoms with van der Waals surface area (Å²) in [6, 6.07) is 8.32. The number of benzene rings is 1. The number of pyridine rings is 1. The van der Waals surface area contributed by atoms with Crippen LogP contribution in [0.15, 0.2) is 49.3 Å². The molecule has 0 saturated heterocycles. The predicted molar refractivity (Wildman–Crippen MR) is 59.7 cm³/mol. The third kappa shape index (κ3) is 2.10. The molecule has 0 spiro atoms. The molecular weight excluding hydrogens is 189 g/mol. The van der Waals surface area contributed by atoms with Crippen LogP contribution in [-0.4, -0.2) is 4.98 Å². The normalized spacial score (nSPS) is 9.93. The zero-order valence-electron chi connectivity index (χ0n) is 8.15. The summed E-state index contributed by atoms with van der Waals surface area (Å²) in [5.41, 5.74) is 2.87. The van der Waals surface area contributed by atoms with Crippen LogP contribution in [-0.2, 0) is 0 Å². The van der Waals surface area contributed by atoms with Gasteiger partial charge in [-0.1, -0.05) is 24.8 Å². The molecular formula is C13H10FN. The van der Waals surface area contributed by atoms with Gasteiger partial charge in [-0.25, -0.2) is 4.39 Å². The molecule has 2 heteroatoms. The molecule has 1 aromatic carbocycles. The minimum absolute atomic E-state index is 0.230. The van der Waals surface area contributed by atoms with Gasteiger partial charge in [-0.05, 0) is 29.3 Å². The Balaban J connectivity index is 2.44. The summed E-state index contributed by atoms with van der Waals surface area (Å²) < 4.78 is 12.7. The van der Waals surface area contributed by atoms with E-state index in [0.717, 1.165) is 16.7 Å². The quantitative estimate of drug-likeness (QED) is 0.721. The Kier molecular flexibility index (Phi) is 2.59. The van der Waals surface area contributed by atoms with Crippen molar-refractivity contribution in [1.82, 2.24) is 4.98 Å². The lowest BCUT2D eigenvalue weighted by Gasteiger charge is -2.01. The van der Waals surface area contributed by atoms with Gasteiger partial charge in [0.15, 0.2) is 0 Å². The Morgan fingerprint density at radius 2 is 1.80 bits per heavy atom. The van der Waals surface area contributed by atoms with Crippen LogP contribution in [0.25, 0.3) is 17.2 Å². The maximum Gasteiger partial charge on any atom is 0.123 e. The molecule has 0 amide bonds. The van der Waals surface area contributed by atoms with E-state index in [2.05, 4.69) is 11.6 Å². The molecule has 74 valence electrons. The van der Waals surface area contributed by atoms with Crippen molar-refractivity contribution in [3.05, 3.63) is 60.7 Å². The van der Waals surface area contributed by atoms with E-state index < -0.39 is 0 Å². The van der Waals surface area contributed by atoms with Crippen molar-refractivity contribution in [2.45, 2.75) is 0 Å². The van der Waals surface area contributed by atoms with Crippen molar-refractivity contribution in [3.8, 4) is 11.1 Å². The summed E-state index contributed by atoms with van der Waals surface area (Å²) in [7, 11) is 0. The first-order valence-electron chi connectivity index (χ1n) is 4.63. The molecule has 0 atom stereocenters. The van der Waals surface area contributed by atoms with Crippen molar-refractivity contribution < 1.29 is 4.39 Å². The number of nitrogens with zero attached hydrogens (tertiary/aromatic N) is 1. The van der Waals surface area contributed by atoms with E-state index in [1.54, 1.807) is 30.6 Å².